The fraction of sp³-hybridized carbons (Fsp3) is 0.188. The van der Waals surface area contributed by atoms with Crippen LogP contribution in [-0.2, 0) is 10.0 Å². The highest BCUT2D eigenvalue weighted by Gasteiger charge is 2.17. The maximum atomic E-state index is 12.4. The summed E-state index contributed by atoms with van der Waals surface area (Å²) in [6.45, 7) is 3.40. The van der Waals surface area contributed by atoms with Gasteiger partial charge in [0.15, 0.2) is 0 Å². The van der Waals surface area contributed by atoms with Crippen LogP contribution in [0.1, 0.15) is 21.5 Å². The smallest absolute Gasteiger partial charge is 0.255 e. The Morgan fingerprint density at radius 2 is 1.83 bits per heavy atom. The minimum Gasteiger partial charge on any atom is -0.495 e. The Labute approximate surface area is 145 Å². The molecule has 0 fully saturated rings. The minimum atomic E-state index is -3.91. The van der Waals surface area contributed by atoms with Gasteiger partial charge in [-0.2, -0.15) is 0 Å². The Morgan fingerprint density at radius 3 is 2.42 bits per heavy atom. The second-order valence-electron chi connectivity index (χ2n) is 5.28. The van der Waals surface area contributed by atoms with Crippen molar-refractivity contribution in [3.63, 3.8) is 0 Å². The molecule has 8 heteroatoms. The number of nitrogens with one attached hydrogen (secondary N) is 1. The van der Waals surface area contributed by atoms with Crippen molar-refractivity contribution in [2.75, 3.05) is 12.4 Å². The van der Waals surface area contributed by atoms with Gasteiger partial charge in [-0.15, -0.1) is 0 Å². The van der Waals surface area contributed by atoms with Crippen molar-refractivity contribution in [1.29, 1.82) is 0 Å². The molecule has 0 unspecified atom stereocenters. The van der Waals surface area contributed by atoms with Crippen LogP contribution >= 0.6 is 11.6 Å². The number of anilines is 1. The van der Waals surface area contributed by atoms with E-state index in [1.165, 1.54) is 25.3 Å². The second kappa shape index (κ2) is 6.80. The van der Waals surface area contributed by atoms with Gasteiger partial charge in [0.2, 0.25) is 10.0 Å². The fourth-order valence-corrected chi connectivity index (χ4v) is 3.13. The Morgan fingerprint density at radius 1 is 1.17 bits per heavy atom. The first-order valence-corrected chi connectivity index (χ1v) is 8.85. The molecule has 24 heavy (non-hydrogen) atoms. The number of ether oxygens (including phenoxy) is 1. The Hall–Kier alpha value is -2.09. The molecular weight excluding hydrogens is 352 g/mol. The molecule has 0 saturated carbocycles. The number of benzene rings is 2. The van der Waals surface area contributed by atoms with E-state index < -0.39 is 15.9 Å². The topological polar surface area (TPSA) is 98.5 Å². The number of rotatable bonds is 4. The molecule has 2 aromatic carbocycles. The molecule has 6 nitrogen and oxygen atoms in total. The second-order valence-corrected chi connectivity index (χ2v) is 7.22. The number of carbonyl (C=O) groups is 1. The summed E-state index contributed by atoms with van der Waals surface area (Å²) in [6, 6.07) is 7.56. The minimum absolute atomic E-state index is 0.0885. The number of aryl methyl sites for hydroxylation is 2. The third-order valence-electron chi connectivity index (χ3n) is 3.49. The van der Waals surface area contributed by atoms with Crippen LogP contribution < -0.4 is 15.2 Å². The third-order valence-corrected chi connectivity index (χ3v) is 4.95. The Bertz CT molecular complexity index is 911. The Balaban J connectivity index is 2.40. The number of amides is 1. The molecule has 0 atom stereocenters. The quantitative estimate of drug-likeness (QED) is 0.866. The molecule has 128 valence electrons. The van der Waals surface area contributed by atoms with Gasteiger partial charge in [0.05, 0.1) is 17.7 Å². The number of sulfonamides is 1. The summed E-state index contributed by atoms with van der Waals surface area (Å²) in [5, 5.41) is 8.36. The van der Waals surface area contributed by atoms with Crippen LogP contribution in [-0.4, -0.2) is 21.4 Å². The first-order valence-electron chi connectivity index (χ1n) is 6.92. The number of primary sulfonamides is 1. The van der Waals surface area contributed by atoms with E-state index in [0.29, 0.717) is 22.0 Å². The van der Waals surface area contributed by atoms with E-state index in [1.54, 1.807) is 26.0 Å². The molecule has 2 aromatic rings. The predicted molar refractivity (Wildman–Crippen MR) is 93.2 cm³/mol. The standard InChI is InChI=1S/C16H17ClN2O4S/c1-9-4-5-11(7-15(9)24(18,21)22)16(20)19-13-6-10(2)12(17)8-14(13)23-3/h4-8H,1-3H3,(H,19,20)(H2,18,21,22). The summed E-state index contributed by atoms with van der Waals surface area (Å²) in [6.07, 6.45) is 0. The van der Waals surface area contributed by atoms with E-state index in [2.05, 4.69) is 5.32 Å². The van der Waals surface area contributed by atoms with E-state index in [0.717, 1.165) is 5.56 Å². The molecule has 0 aliphatic heterocycles. The van der Waals surface area contributed by atoms with Crippen LogP contribution in [0, 0.1) is 13.8 Å². The fourth-order valence-electron chi connectivity index (χ4n) is 2.17. The molecule has 3 N–H and O–H groups in total. The molecule has 2 rings (SSSR count). The van der Waals surface area contributed by atoms with Crippen LogP contribution in [0.25, 0.3) is 0 Å². The molecular formula is C16H17ClN2O4S. The molecule has 0 spiro atoms. The van der Waals surface area contributed by atoms with Gasteiger partial charge in [0, 0.05) is 16.7 Å². The maximum absolute atomic E-state index is 12.4. The van der Waals surface area contributed by atoms with Crippen molar-refractivity contribution in [1.82, 2.24) is 0 Å². The first-order chi connectivity index (χ1) is 11.1. The summed E-state index contributed by atoms with van der Waals surface area (Å²) in [7, 11) is -2.45. The van der Waals surface area contributed by atoms with Crippen molar-refractivity contribution >= 4 is 33.2 Å². The number of hydrogen-bond donors (Lipinski definition) is 2. The molecule has 0 aliphatic carbocycles. The van der Waals surface area contributed by atoms with Gasteiger partial charge in [-0.3, -0.25) is 4.79 Å². The molecule has 0 saturated heterocycles. The van der Waals surface area contributed by atoms with Gasteiger partial charge in [-0.1, -0.05) is 17.7 Å². The lowest BCUT2D eigenvalue weighted by atomic mass is 10.1. The molecule has 1 amide bonds. The monoisotopic (exact) mass is 368 g/mol. The van der Waals surface area contributed by atoms with E-state index in [9.17, 15) is 13.2 Å². The van der Waals surface area contributed by atoms with Gasteiger partial charge in [-0.25, -0.2) is 13.6 Å². The lowest BCUT2D eigenvalue weighted by Crippen LogP contribution is -2.17. The number of methoxy groups -OCH3 is 1. The van der Waals surface area contributed by atoms with Gasteiger partial charge in [0.25, 0.3) is 5.91 Å². The van der Waals surface area contributed by atoms with E-state index in [4.69, 9.17) is 21.5 Å². The zero-order valence-corrected chi connectivity index (χ0v) is 15.0. The van der Waals surface area contributed by atoms with Crippen LogP contribution in [0.3, 0.4) is 0 Å². The third kappa shape index (κ3) is 3.87. The van der Waals surface area contributed by atoms with Crippen LogP contribution in [0.4, 0.5) is 5.69 Å². The first kappa shape index (κ1) is 18.3. The highest BCUT2D eigenvalue weighted by Crippen LogP contribution is 2.31. The summed E-state index contributed by atoms with van der Waals surface area (Å²) in [5.74, 6) is -0.0855. The predicted octanol–water partition coefficient (Wildman–Crippen LogP) is 2.87. The molecule has 0 bridgehead atoms. The lowest BCUT2D eigenvalue weighted by Gasteiger charge is -2.13. The summed E-state index contributed by atoms with van der Waals surface area (Å²) >= 11 is 6.03. The largest absolute Gasteiger partial charge is 0.495 e. The van der Waals surface area contributed by atoms with Crippen LogP contribution in [0.5, 0.6) is 5.75 Å². The SMILES string of the molecule is COc1cc(Cl)c(C)cc1NC(=O)c1ccc(C)c(S(N)(=O)=O)c1. The molecule has 0 heterocycles. The van der Waals surface area contributed by atoms with Crippen LogP contribution in [0.15, 0.2) is 35.2 Å². The van der Waals surface area contributed by atoms with Gasteiger partial charge < -0.3 is 10.1 Å². The highest BCUT2D eigenvalue weighted by molar-refractivity contribution is 7.89. The summed E-state index contributed by atoms with van der Waals surface area (Å²) < 4.78 is 28.4. The zero-order chi connectivity index (χ0) is 18.1. The van der Waals surface area contributed by atoms with Crippen molar-refractivity contribution < 1.29 is 17.9 Å². The Kier molecular flexibility index (Phi) is 5.17. The van der Waals surface area contributed by atoms with Crippen molar-refractivity contribution in [3.05, 3.63) is 52.0 Å². The van der Waals surface area contributed by atoms with Crippen molar-refractivity contribution in [3.8, 4) is 5.75 Å². The summed E-state index contributed by atoms with van der Waals surface area (Å²) in [4.78, 5) is 12.3. The summed E-state index contributed by atoms with van der Waals surface area (Å²) in [5.41, 5.74) is 1.83. The number of nitrogens with two attached hydrogens (primary N) is 1. The maximum Gasteiger partial charge on any atom is 0.255 e. The van der Waals surface area contributed by atoms with Crippen LogP contribution in [0.2, 0.25) is 5.02 Å². The normalized spacial score (nSPS) is 11.2. The van der Waals surface area contributed by atoms with Gasteiger partial charge in [0.1, 0.15) is 5.75 Å². The number of hydrogen-bond acceptors (Lipinski definition) is 4. The average molecular weight is 369 g/mol. The zero-order valence-electron chi connectivity index (χ0n) is 13.4. The lowest BCUT2D eigenvalue weighted by molar-refractivity contribution is 0.102. The van der Waals surface area contributed by atoms with Crippen molar-refractivity contribution in [2.45, 2.75) is 18.7 Å². The molecule has 0 aromatic heterocycles. The molecule has 0 aliphatic rings. The van der Waals surface area contributed by atoms with E-state index in [1.807, 2.05) is 0 Å². The highest BCUT2D eigenvalue weighted by atomic mass is 35.5. The number of carbonyl (C=O) groups excluding carboxylic acids is 1. The van der Waals surface area contributed by atoms with Gasteiger partial charge >= 0.3 is 0 Å². The number of halogens is 1. The van der Waals surface area contributed by atoms with E-state index >= 15 is 0 Å². The van der Waals surface area contributed by atoms with Crippen molar-refractivity contribution in [2.24, 2.45) is 5.14 Å². The van der Waals surface area contributed by atoms with E-state index in [-0.39, 0.29) is 10.5 Å². The molecule has 0 radical (unpaired) electrons. The van der Waals surface area contributed by atoms with Gasteiger partial charge in [-0.05, 0) is 43.2 Å². The average Bonchev–Trinajstić information content (AvgIpc) is 2.49.